The number of anilines is 1. The van der Waals surface area contributed by atoms with Gasteiger partial charge in [0, 0.05) is 38.8 Å². The molecule has 1 aromatic carbocycles. The van der Waals surface area contributed by atoms with E-state index in [1.807, 2.05) is 25.1 Å². The number of methoxy groups -OCH3 is 1. The number of hydrogen-bond acceptors (Lipinski definition) is 5. The molecule has 0 atom stereocenters. The van der Waals surface area contributed by atoms with E-state index in [-0.39, 0.29) is 0 Å². The Balaban J connectivity index is 1.60. The van der Waals surface area contributed by atoms with Gasteiger partial charge in [-0.05, 0) is 19.1 Å². The molecule has 112 valence electrons. The minimum atomic E-state index is 0.858. The number of aryl methyl sites for hydroxylation is 1. The Labute approximate surface area is 125 Å². The summed E-state index contributed by atoms with van der Waals surface area (Å²) in [6.07, 6.45) is 0. The van der Waals surface area contributed by atoms with Gasteiger partial charge in [-0.3, -0.25) is 4.90 Å². The van der Waals surface area contributed by atoms with E-state index >= 15 is 0 Å². The molecule has 2 aromatic rings. The van der Waals surface area contributed by atoms with Crippen LogP contribution in [0, 0.1) is 6.92 Å². The molecule has 3 rings (SSSR count). The first kappa shape index (κ1) is 13.9. The molecular formula is C16H21N3O2. The molecule has 0 unspecified atom stereocenters. The summed E-state index contributed by atoms with van der Waals surface area (Å²) in [6, 6.07) is 10.2. The van der Waals surface area contributed by atoms with Crippen molar-refractivity contribution in [3.63, 3.8) is 0 Å². The number of hydrogen-bond donors (Lipinski definition) is 0. The molecule has 21 heavy (non-hydrogen) atoms. The van der Waals surface area contributed by atoms with Crippen LogP contribution >= 0.6 is 0 Å². The molecule has 5 heteroatoms. The van der Waals surface area contributed by atoms with Gasteiger partial charge in [-0.2, -0.15) is 0 Å². The average Bonchev–Trinajstić information content (AvgIpc) is 2.93. The highest BCUT2D eigenvalue weighted by atomic mass is 16.5. The Morgan fingerprint density at radius 3 is 2.62 bits per heavy atom. The second-order valence-electron chi connectivity index (χ2n) is 5.36. The van der Waals surface area contributed by atoms with Crippen LogP contribution in [0.3, 0.4) is 0 Å². The lowest BCUT2D eigenvalue weighted by molar-refractivity contribution is 0.241. The third kappa shape index (κ3) is 3.19. The fourth-order valence-electron chi connectivity index (χ4n) is 2.76. The Morgan fingerprint density at radius 1 is 1.19 bits per heavy atom. The quantitative estimate of drug-likeness (QED) is 0.863. The van der Waals surface area contributed by atoms with Gasteiger partial charge in [0.1, 0.15) is 11.5 Å². The number of ether oxygens (including phenoxy) is 1. The number of para-hydroxylation sites is 2. The Bertz CT molecular complexity index is 589. The maximum atomic E-state index is 5.45. The molecule has 0 aliphatic carbocycles. The number of aromatic nitrogens is 1. The van der Waals surface area contributed by atoms with E-state index in [2.05, 4.69) is 27.1 Å². The number of benzene rings is 1. The van der Waals surface area contributed by atoms with Crippen LogP contribution in [0.4, 0.5) is 5.69 Å². The van der Waals surface area contributed by atoms with E-state index in [0.717, 1.165) is 49.9 Å². The van der Waals surface area contributed by atoms with Gasteiger partial charge in [0.05, 0.1) is 18.5 Å². The maximum Gasteiger partial charge on any atom is 0.142 e. The van der Waals surface area contributed by atoms with Crippen LogP contribution in [0.25, 0.3) is 0 Å². The molecule has 1 saturated heterocycles. The van der Waals surface area contributed by atoms with Crippen LogP contribution in [0.5, 0.6) is 5.75 Å². The molecule has 1 aliphatic rings. The fourth-order valence-corrected chi connectivity index (χ4v) is 2.76. The van der Waals surface area contributed by atoms with E-state index in [1.54, 1.807) is 7.11 Å². The summed E-state index contributed by atoms with van der Waals surface area (Å²) in [5, 5.41) is 4.06. The predicted octanol–water partition coefficient (Wildman–Crippen LogP) is 2.31. The molecule has 0 spiro atoms. The highest BCUT2D eigenvalue weighted by molar-refractivity contribution is 5.58. The zero-order valence-corrected chi connectivity index (χ0v) is 12.6. The smallest absolute Gasteiger partial charge is 0.142 e. The maximum absolute atomic E-state index is 5.45. The summed E-state index contributed by atoms with van der Waals surface area (Å²) >= 11 is 0. The molecular weight excluding hydrogens is 266 g/mol. The standard InChI is InChI=1S/C16H21N3O2/c1-13-11-14(17-21-13)12-18-7-9-19(10-8-18)15-5-3-4-6-16(15)20-2/h3-6,11H,7-10,12H2,1-2H3. The third-order valence-corrected chi connectivity index (χ3v) is 3.86. The molecule has 0 N–H and O–H groups in total. The van der Waals surface area contributed by atoms with Gasteiger partial charge < -0.3 is 14.2 Å². The summed E-state index contributed by atoms with van der Waals surface area (Å²) in [4.78, 5) is 4.78. The summed E-state index contributed by atoms with van der Waals surface area (Å²) in [7, 11) is 1.72. The van der Waals surface area contributed by atoms with Gasteiger partial charge in [0.15, 0.2) is 0 Å². The molecule has 0 amide bonds. The first-order chi connectivity index (χ1) is 10.3. The van der Waals surface area contributed by atoms with Crippen LogP contribution in [-0.2, 0) is 6.54 Å². The van der Waals surface area contributed by atoms with E-state index in [0.29, 0.717) is 0 Å². The SMILES string of the molecule is COc1ccccc1N1CCN(Cc2cc(C)on2)CC1. The number of rotatable bonds is 4. The van der Waals surface area contributed by atoms with Crippen LogP contribution < -0.4 is 9.64 Å². The molecule has 0 bridgehead atoms. The number of piperazine rings is 1. The Morgan fingerprint density at radius 2 is 1.95 bits per heavy atom. The van der Waals surface area contributed by atoms with E-state index in [9.17, 15) is 0 Å². The highest BCUT2D eigenvalue weighted by Gasteiger charge is 2.20. The number of nitrogens with zero attached hydrogens (tertiary/aromatic N) is 3. The van der Waals surface area contributed by atoms with Crippen molar-refractivity contribution >= 4 is 5.69 Å². The summed E-state index contributed by atoms with van der Waals surface area (Å²) in [5.41, 5.74) is 2.19. The molecule has 0 radical (unpaired) electrons. The highest BCUT2D eigenvalue weighted by Crippen LogP contribution is 2.28. The van der Waals surface area contributed by atoms with E-state index in [1.165, 1.54) is 5.69 Å². The van der Waals surface area contributed by atoms with Crippen LogP contribution in [-0.4, -0.2) is 43.3 Å². The molecule has 5 nitrogen and oxygen atoms in total. The summed E-state index contributed by atoms with van der Waals surface area (Å²) in [6.45, 7) is 6.82. The van der Waals surface area contributed by atoms with Crippen molar-refractivity contribution in [2.75, 3.05) is 38.2 Å². The molecule has 1 aromatic heterocycles. The third-order valence-electron chi connectivity index (χ3n) is 3.86. The summed E-state index contributed by atoms with van der Waals surface area (Å²) < 4.78 is 10.6. The largest absolute Gasteiger partial charge is 0.495 e. The zero-order chi connectivity index (χ0) is 14.7. The van der Waals surface area contributed by atoms with Crippen molar-refractivity contribution in [3.05, 3.63) is 41.8 Å². The van der Waals surface area contributed by atoms with Gasteiger partial charge in [-0.15, -0.1) is 0 Å². The topological polar surface area (TPSA) is 41.7 Å². The van der Waals surface area contributed by atoms with Crippen molar-refractivity contribution in [1.29, 1.82) is 0 Å². The van der Waals surface area contributed by atoms with Crippen molar-refractivity contribution in [3.8, 4) is 5.75 Å². The molecule has 1 fully saturated rings. The zero-order valence-electron chi connectivity index (χ0n) is 12.6. The molecule has 2 heterocycles. The van der Waals surface area contributed by atoms with Crippen molar-refractivity contribution in [2.24, 2.45) is 0 Å². The van der Waals surface area contributed by atoms with Crippen molar-refractivity contribution < 1.29 is 9.26 Å². The Hall–Kier alpha value is -2.01. The van der Waals surface area contributed by atoms with E-state index < -0.39 is 0 Å². The van der Waals surface area contributed by atoms with Gasteiger partial charge in [0.2, 0.25) is 0 Å². The summed E-state index contributed by atoms with van der Waals surface area (Å²) in [5.74, 6) is 1.82. The Kier molecular flexibility index (Phi) is 4.10. The fraction of sp³-hybridized carbons (Fsp3) is 0.438. The van der Waals surface area contributed by atoms with Crippen LogP contribution in [0.15, 0.2) is 34.9 Å². The second kappa shape index (κ2) is 6.18. The first-order valence-electron chi connectivity index (χ1n) is 7.29. The molecule has 1 aliphatic heterocycles. The van der Waals surface area contributed by atoms with Gasteiger partial charge in [-0.1, -0.05) is 17.3 Å². The monoisotopic (exact) mass is 287 g/mol. The van der Waals surface area contributed by atoms with Crippen molar-refractivity contribution in [2.45, 2.75) is 13.5 Å². The van der Waals surface area contributed by atoms with Crippen LogP contribution in [0.1, 0.15) is 11.5 Å². The first-order valence-corrected chi connectivity index (χ1v) is 7.29. The normalized spacial score (nSPS) is 16.2. The lowest BCUT2D eigenvalue weighted by Gasteiger charge is -2.36. The van der Waals surface area contributed by atoms with Gasteiger partial charge >= 0.3 is 0 Å². The lowest BCUT2D eigenvalue weighted by Crippen LogP contribution is -2.46. The van der Waals surface area contributed by atoms with Crippen LogP contribution in [0.2, 0.25) is 0 Å². The second-order valence-corrected chi connectivity index (χ2v) is 5.36. The lowest BCUT2D eigenvalue weighted by atomic mass is 10.2. The minimum absolute atomic E-state index is 0.858. The minimum Gasteiger partial charge on any atom is -0.495 e. The van der Waals surface area contributed by atoms with E-state index in [4.69, 9.17) is 9.26 Å². The van der Waals surface area contributed by atoms with Crippen molar-refractivity contribution in [1.82, 2.24) is 10.1 Å². The van der Waals surface area contributed by atoms with Gasteiger partial charge in [-0.25, -0.2) is 0 Å². The predicted molar refractivity (Wildman–Crippen MR) is 81.7 cm³/mol. The van der Waals surface area contributed by atoms with Gasteiger partial charge in [0.25, 0.3) is 0 Å². The molecule has 0 saturated carbocycles. The average molecular weight is 287 g/mol.